The van der Waals surface area contributed by atoms with Crippen molar-refractivity contribution < 1.29 is 14.0 Å². The molecule has 0 spiro atoms. The van der Waals surface area contributed by atoms with E-state index in [1.807, 2.05) is 13.8 Å². The van der Waals surface area contributed by atoms with E-state index in [4.69, 9.17) is 31.3 Å². The van der Waals surface area contributed by atoms with Crippen molar-refractivity contribution in [2.75, 3.05) is 20.0 Å². The SMILES string of the molecule is CCC(C)(OC)c1noc(-c2cc(Cl)c(N)cc2OC)n1. The number of hydrogen-bond donors (Lipinski definition) is 1. The largest absolute Gasteiger partial charge is 0.496 e. The van der Waals surface area contributed by atoms with Crippen molar-refractivity contribution >= 4 is 17.3 Å². The molecule has 0 radical (unpaired) electrons. The van der Waals surface area contributed by atoms with E-state index >= 15 is 0 Å². The number of ether oxygens (including phenoxy) is 2. The van der Waals surface area contributed by atoms with E-state index in [1.54, 1.807) is 19.2 Å². The highest BCUT2D eigenvalue weighted by atomic mass is 35.5. The van der Waals surface area contributed by atoms with Crippen molar-refractivity contribution in [1.82, 2.24) is 10.1 Å². The predicted octanol–water partition coefficient (Wildman–Crippen LogP) is 3.25. The van der Waals surface area contributed by atoms with Gasteiger partial charge >= 0.3 is 0 Å². The molecule has 114 valence electrons. The van der Waals surface area contributed by atoms with E-state index in [-0.39, 0.29) is 0 Å². The Hall–Kier alpha value is -1.79. The summed E-state index contributed by atoms with van der Waals surface area (Å²) in [5, 5.41) is 4.39. The van der Waals surface area contributed by atoms with Gasteiger partial charge in [0.15, 0.2) is 0 Å². The molecule has 0 amide bonds. The van der Waals surface area contributed by atoms with E-state index in [0.717, 1.165) is 0 Å². The second kappa shape index (κ2) is 5.91. The molecule has 0 bridgehead atoms. The van der Waals surface area contributed by atoms with E-state index in [2.05, 4.69) is 10.1 Å². The van der Waals surface area contributed by atoms with Gasteiger partial charge in [0, 0.05) is 13.2 Å². The zero-order chi connectivity index (χ0) is 15.6. The van der Waals surface area contributed by atoms with Crippen molar-refractivity contribution in [3.05, 3.63) is 23.0 Å². The summed E-state index contributed by atoms with van der Waals surface area (Å²) in [6, 6.07) is 3.26. The van der Waals surface area contributed by atoms with Crippen molar-refractivity contribution in [3.8, 4) is 17.2 Å². The zero-order valence-corrected chi connectivity index (χ0v) is 13.2. The van der Waals surface area contributed by atoms with Crippen LogP contribution in [0.1, 0.15) is 26.1 Å². The minimum atomic E-state index is -0.605. The lowest BCUT2D eigenvalue weighted by atomic mass is 10.0. The fourth-order valence-corrected chi connectivity index (χ4v) is 2.01. The average Bonchev–Trinajstić information content (AvgIpc) is 2.99. The number of rotatable bonds is 5. The molecule has 21 heavy (non-hydrogen) atoms. The quantitative estimate of drug-likeness (QED) is 0.853. The molecule has 7 heteroatoms. The molecule has 1 aromatic heterocycles. The molecule has 2 aromatic rings. The topological polar surface area (TPSA) is 83.4 Å². The first-order chi connectivity index (χ1) is 9.95. The molecule has 0 aliphatic carbocycles. The van der Waals surface area contributed by atoms with Gasteiger partial charge in [-0.05, 0) is 19.4 Å². The molecule has 0 aliphatic rings. The lowest BCUT2D eigenvalue weighted by Crippen LogP contribution is -2.24. The molecule has 2 rings (SSSR count). The molecular weight excluding hydrogens is 294 g/mol. The molecule has 0 saturated carbocycles. The van der Waals surface area contributed by atoms with Crippen LogP contribution in [0.2, 0.25) is 5.02 Å². The van der Waals surface area contributed by atoms with Crippen molar-refractivity contribution in [2.24, 2.45) is 0 Å². The molecular formula is C14H18ClN3O3. The van der Waals surface area contributed by atoms with Crippen LogP contribution in [0.25, 0.3) is 11.5 Å². The molecule has 2 N–H and O–H groups in total. The maximum absolute atomic E-state index is 6.05. The highest BCUT2D eigenvalue weighted by Gasteiger charge is 2.30. The maximum atomic E-state index is 6.05. The molecule has 1 heterocycles. The standard InChI is InChI=1S/C14H18ClN3O3/c1-5-14(2,20-4)13-17-12(21-18-13)8-6-9(15)10(16)7-11(8)19-3/h6-7H,5,16H2,1-4H3. The Morgan fingerprint density at radius 3 is 2.67 bits per heavy atom. The lowest BCUT2D eigenvalue weighted by molar-refractivity contribution is -0.0106. The molecule has 0 saturated heterocycles. The minimum Gasteiger partial charge on any atom is -0.496 e. The van der Waals surface area contributed by atoms with Crippen molar-refractivity contribution in [2.45, 2.75) is 25.9 Å². The van der Waals surface area contributed by atoms with E-state index in [1.165, 1.54) is 7.11 Å². The minimum absolute atomic E-state index is 0.306. The zero-order valence-electron chi connectivity index (χ0n) is 12.4. The Morgan fingerprint density at radius 1 is 1.38 bits per heavy atom. The molecule has 0 aliphatic heterocycles. The number of nitrogens with two attached hydrogens (primary N) is 1. The fraction of sp³-hybridized carbons (Fsp3) is 0.429. The number of nitrogens with zero attached hydrogens (tertiary/aromatic N) is 2. The number of aromatic nitrogens is 2. The van der Waals surface area contributed by atoms with Crippen LogP contribution in [0.5, 0.6) is 5.75 Å². The van der Waals surface area contributed by atoms with Crippen molar-refractivity contribution in [3.63, 3.8) is 0 Å². The molecule has 1 atom stereocenters. The van der Waals surface area contributed by atoms with Gasteiger partial charge in [-0.2, -0.15) is 4.98 Å². The second-order valence-electron chi connectivity index (χ2n) is 4.79. The van der Waals surface area contributed by atoms with Crippen LogP contribution in [-0.4, -0.2) is 24.4 Å². The first kappa shape index (κ1) is 15.6. The van der Waals surface area contributed by atoms with Crippen LogP contribution in [0.15, 0.2) is 16.7 Å². The molecule has 0 fully saturated rings. The van der Waals surface area contributed by atoms with Crippen LogP contribution in [0, 0.1) is 0 Å². The van der Waals surface area contributed by atoms with Gasteiger partial charge in [0.2, 0.25) is 5.82 Å². The van der Waals surface area contributed by atoms with Crippen LogP contribution in [-0.2, 0) is 10.3 Å². The van der Waals surface area contributed by atoms with Gasteiger partial charge in [-0.25, -0.2) is 0 Å². The summed E-state index contributed by atoms with van der Waals surface area (Å²) in [6.45, 7) is 3.88. The first-order valence-electron chi connectivity index (χ1n) is 6.48. The third-order valence-electron chi connectivity index (χ3n) is 3.57. The second-order valence-corrected chi connectivity index (χ2v) is 5.19. The van der Waals surface area contributed by atoms with Crippen LogP contribution in [0.4, 0.5) is 5.69 Å². The van der Waals surface area contributed by atoms with Gasteiger partial charge in [0.1, 0.15) is 11.4 Å². The number of halogens is 1. The van der Waals surface area contributed by atoms with E-state index in [0.29, 0.717) is 40.2 Å². The number of methoxy groups -OCH3 is 2. The summed E-state index contributed by atoms with van der Waals surface area (Å²) in [6.07, 6.45) is 0.710. The van der Waals surface area contributed by atoms with E-state index < -0.39 is 5.60 Å². The average molecular weight is 312 g/mol. The van der Waals surface area contributed by atoms with Gasteiger partial charge in [-0.1, -0.05) is 23.7 Å². The van der Waals surface area contributed by atoms with Gasteiger partial charge in [0.05, 0.1) is 23.4 Å². The summed E-state index contributed by atoms with van der Waals surface area (Å²) in [5.74, 6) is 1.29. The van der Waals surface area contributed by atoms with Gasteiger partial charge in [-0.15, -0.1) is 0 Å². The normalized spacial score (nSPS) is 14.0. The summed E-state index contributed by atoms with van der Waals surface area (Å²) in [5.41, 5.74) is 6.17. The number of hydrogen-bond acceptors (Lipinski definition) is 6. The third-order valence-corrected chi connectivity index (χ3v) is 3.90. The molecule has 6 nitrogen and oxygen atoms in total. The number of nitrogen functional groups attached to an aromatic ring is 1. The summed E-state index contributed by atoms with van der Waals surface area (Å²) in [4.78, 5) is 4.39. The van der Waals surface area contributed by atoms with Crippen LogP contribution >= 0.6 is 11.6 Å². The number of benzene rings is 1. The lowest BCUT2D eigenvalue weighted by Gasteiger charge is -2.21. The summed E-state index contributed by atoms with van der Waals surface area (Å²) < 4.78 is 16.1. The smallest absolute Gasteiger partial charge is 0.261 e. The Kier molecular flexibility index (Phi) is 4.39. The Bertz CT molecular complexity index is 638. The Morgan fingerprint density at radius 2 is 2.10 bits per heavy atom. The van der Waals surface area contributed by atoms with Crippen molar-refractivity contribution in [1.29, 1.82) is 0 Å². The van der Waals surface area contributed by atoms with E-state index in [9.17, 15) is 0 Å². The van der Waals surface area contributed by atoms with Gasteiger partial charge < -0.3 is 19.7 Å². The van der Waals surface area contributed by atoms with Gasteiger partial charge in [0.25, 0.3) is 5.89 Å². The summed E-state index contributed by atoms with van der Waals surface area (Å²) >= 11 is 6.05. The number of anilines is 1. The maximum Gasteiger partial charge on any atom is 0.261 e. The predicted molar refractivity (Wildman–Crippen MR) is 80.4 cm³/mol. The highest BCUT2D eigenvalue weighted by molar-refractivity contribution is 6.33. The summed E-state index contributed by atoms with van der Waals surface area (Å²) in [7, 11) is 3.15. The first-order valence-corrected chi connectivity index (χ1v) is 6.85. The van der Waals surface area contributed by atoms with Gasteiger partial charge in [-0.3, -0.25) is 0 Å². The van der Waals surface area contributed by atoms with Crippen LogP contribution < -0.4 is 10.5 Å². The fourth-order valence-electron chi connectivity index (χ4n) is 1.85. The molecule has 1 unspecified atom stereocenters. The third kappa shape index (κ3) is 2.82. The Labute approximate surface area is 128 Å². The monoisotopic (exact) mass is 311 g/mol. The Balaban J connectivity index is 2.49. The highest BCUT2D eigenvalue weighted by Crippen LogP contribution is 2.36. The molecule has 1 aromatic carbocycles. The van der Waals surface area contributed by atoms with Crippen LogP contribution in [0.3, 0.4) is 0 Å².